The van der Waals surface area contributed by atoms with Crippen LogP contribution in [0.3, 0.4) is 0 Å². The number of nitrogens with zero attached hydrogens (tertiary/aromatic N) is 2. The van der Waals surface area contributed by atoms with Gasteiger partial charge in [0, 0.05) is 19.0 Å². The van der Waals surface area contributed by atoms with Crippen molar-refractivity contribution in [2.24, 2.45) is 0 Å². The standard InChI is InChI=1S/C15H19N3O2/c1-2-19-13-6-4-3-5-12(13)15-18-17-14(20-15)9-10-16-11-7-8-11/h3-6,11,16H,2,7-10H2,1H3. The van der Waals surface area contributed by atoms with Crippen LogP contribution >= 0.6 is 0 Å². The van der Waals surface area contributed by atoms with Gasteiger partial charge in [-0.3, -0.25) is 0 Å². The Labute approximate surface area is 118 Å². The monoisotopic (exact) mass is 273 g/mol. The average Bonchev–Trinajstić information content (AvgIpc) is 3.17. The van der Waals surface area contributed by atoms with Gasteiger partial charge in [0.2, 0.25) is 5.89 Å². The zero-order valence-corrected chi connectivity index (χ0v) is 11.6. The molecule has 1 aromatic carbocycles. The lowest BCUT2D eigenvalue weighted by Gasteiger charge is -2.06. The molecule has 0 amide bonds. The second-order valence-electron chi connectivity index (χ2n) is 4.91. The number of hydrogen-bond donors (Lipinski definition) is 1. The van der Waals surface area contributed by atoms with Crippen molar-refractivity contribution in [3.8, 4) is 17.2 Å². The first-order chi connectivity index (χ1) is 9.86. The van der Waals surface area contributed by atoms with E-state index in [9.17, 15) is 0 Å². The van der Waals surface area contributed by atoms with E-state index < -0.39 is 0 Å². The van der Waals surface area contributed by atoms with E-state index in [0.29, 0.717) is 24.4 Å². The summed E-state index contributed by atoms with van der Waals surface area (Å²) in [6, 6.07) is 8.43. The van der Waals surface area contributed by atoms with Gasteiger partial charge in [0.15, 0.2) is 0 Å². The van der Waals surface area contributed by atoms with Crippen LogP contribution in [0.2, 0.25) is 0 Å². The highest BCUT2D eigenvalue weighted by atomic mass is 16.5. The number of nitrogens with one attached hydrogen (secondary N) is 1. The van der Waals surface area contributed by atoms with Gasteiger partial charge in [-0.1, -0.05) is 12.1 Å². The molecule has 1 N–H and O–H groups in total. The van der Waals surface area contributed by atoms with E-state index in [1.54, 1.807) is 0 Å². The SMILES string of the molecule is CCOc1ccccc1-c1nnc(CCNC2CC2)o1. The van der Waals surface area contributed by atoms with Crippen LogP contribution in [0.5, 0.6) is 5.75 Å². The van der Waals surface area contributed by atoms with Crippen molar-refractivity contribution in [3.63, 3.8) is 0 Å². The van der Waals surface area contributed by atoms with Gasteiger partial charge in [-0.25, -0.2) is 0 Å². The number of benzene rings is 1. The van der Waals surface area contributed by atoms with Gasteiger partial charge < -0.3 is 14.5 Å². The molecular formula is C15H19N3O2. The molecule has 0 saturated heterocycles. The molecule has 1 aromatic heterocycles. The number of para-hydroxylation sites is 1. The first kappa shape index (κ1) is 13.1. The fourth-order valence-electron chi connectivity index (χ4n) is 2.06. The molecular weight excluding hydrogens is 254 g/mol. The lowest BCUT2D eigenvalue weighted by molar-refractivity contribution is 0.340. The maximum atomic E-state index is 5.72. The molecule has 1 heterocycles. The summed E-state index contributed by atoms with van der Waals surface area (Å²) in [5.41, 5.74) is 0.850. The third-order valence-corrected chi connectivity index (χ3v) is 3.23. The molecule has 0 atom stereocenters. The van der Waals surface area contributed by atoms with Crippen molar-refractivity contribution in [2.75, 3.05) is 13.2 Å². The smallest absolute Gasteiger partial charge is 0.251 e. The van der Waals surface area contributed by atoms with Crippen LogP contribution < -0.4 is 10.1 Å². The Morgan fingerprint density at radius 1 is 1.30 bits per heavy atom. The second kappa shape index (κ2) is 6.05. The molecule has 0 radical (unpaired) electrons. The Balaban J connectivity index is 1.68. The van der Waals surface area contributed by atoms with Gasteiger partial charge >= 0.3 is 0 Å². The topological polar surface area (TPSA) is 60.2 Å². The van der Waals surface area contributed by atoms with Crippen molar-refractivity contribution in [1.82, 2.24) is 15.5 Å². The van der Waals surface area contributed by atoms with Crippen LogP contribution in [-0.2, 0) is 6.42 Å². The summed E-state index contributed by atoms with van der Waals surface area (Å²) in [4.78, 5) is 0. The Hall–Kier alpha value is -1.88. The summed E-state index contributed by atoms with van der Waals surface area (Å²) in [6.45, 7) is 3.46. The van der Waals surface area contributed by atoms with E-state index in [4.69, 9.17) is 9.15 Å². The van der Waals surface area contributed by atoms with E-state index in [1.165, 1.54) is 12.8 Å². The van der Waals surface area contributed by atoms with E-state index in [0.717, 1.165) is 24.3 Å². The predicted molar refractivity (Wildman–Crippen MR) is 75.6 cm³/mol. The lowest BCUT2D eigenvalue weighted by atomic mass is 10.2. The lowest BCUT2D eigenvalue weighted by Crippen LogP contribution is -2.19. The summed E-state index contributed by atoms with van der Waals surface area (Å²) in [5.74, 6) is 1.97. The summed E-state index contributed by atoms with van der Waals surface area (Å²) < 4.78 is 11.3. The molecule has 20 heavy (non-hydrogen) atoms. The van der Waals surface area contributed by atoms with Crippen molar-refractivity contribution in [1.29, 1.82) is 0 Å². The van der Waals surface area contributed by atoms with Crippen LogP contribution in [0.25, 0.3) is 11.5 Å². The van der Waals surface area contributed by atoms with E-state index in [-0.39, 0.29) is 0 Å². The molecule has 1 aliphatic carbocycles. The molecule has 0 bridgehead atoms. The van der Waals surface area contributed by atoms with Gasteiger partial charge in [0.05, 0.1) is 12.2 Å². The molecule has 5 heteroatoms. The quantitative estimate of drug-likeness (QED) is 0.839. The van der Waals surface area contributed by atoms with Gasteiger partial charge in [-0.15, -0.1) is 10.2 Å². The van der Waals surface area contributed by atoms with Crippen LogP contribution in [0.1, 0.15) is 25.7 Å². The van der Waals surface area contributed by atoms with Crippen molar-refractivity contribution in [3.05, 3.63) is 30.2 Å². The summed E-state index contributed by atoms with van der Waals surface area (Å²) in [7, 11) is 0. The number of rotatable bonds is 7. The van der Waals surface area contributed by atoms with Gasteiger partial charge in [0.25, 0.3) is 5.89 Å². The highest BCUT2D eigenvalue weighted by molar-refractivity contribution is 5.62. The Bertz CT molecular complexity index is 564. The fourth-order valence-corrected chi connectivity index (χ4v) is 2.06. The number of aromatic nitrogens is 2. The molecule has 1 fully saturated rings. The van der Waals surface area contributed by atoms with Crippen LogP contribution in [-0.4, -0.2) is 29.4 Å². The maximum absolute atomic E-state index is 5.72. The Kier molecular flexibility index (Phi) is 3.97. The molecule has 106 valence electrons. The second-order valence-corrected chi connectivity index (χ2v) is 4.91. The fraction of sp³-hybridized carbons (Fsp3) is 0.467. The molecule has 0 aliphatic heterocycles. The van der Waals surface area contributed by atoms with E-state index in [2.05, 4.69) is 15.5 Å². The summed E-state index contributed by atoms with van der Waals surface area (Å²) >= 11 is 0. The van der Waals surface area contributed by atoms with Crippen LogP contribution in [0.4, 0.5) is 0 Å². The normalized spacial score (nSPS) is 14.4. The largest absolute Gasteiger partial charge is 0.493 e. The molecule has 3 rings (SSSR count). The zero-order valence-electron chi connectivity index (χ0n) is 11.6. The van der Waals surface area contributed by atoms with Gasteiger partial charge in [-0.05, 0) is 31.9 Å². The maximum Gasteiger partial charge on any atom is 0.251 e. The predicted octanol–water partition coefficient (Wildman–Crippen LogP) is 2.43. The molecule has 5 nitrogen and oxygen atoms in total. The van der Waals surface area contributed by atoms with Gasteiger partial charge in [-0.2, -0.15) is 0 Å². The Morgan fingerprint density at radius 2 is 2.15 bits per heavy atom. The van der Waals surface area contributed by atoms with E-state index in [1.807, 2.05) is 31.2 Å². The highest BCUT2D eigenvalue weighted by Crippen LogP contribution is 2.28. The van der Waals surface area contributed by atoms with Crippen molar-refractivity contribution >= 4 is 0 Å². The minimum atomic E-state index is 0.524. The summed E-state index contributed by atoms with van der Waals surface area (Å²) in [6.07, 6.45) is 3.34. The number of hydrogen-bond acceptors (Lipinski definition) is 5. The average molecular weight is 273 g/mol. The van der Waals surface area contributed by atoms with Crippen LogP contribution in [0, 0.1) is 0 Å². The third-order valence-electron chi connectivity index (χ3n) is 3.23. The van der Waals surface area contributed by atoms with Crippen molar-refractivity contribution < 1.29 is 9.15 Å². The van der Waals surface area contributed by atoms with Crippen molar-refractivity contribution in [2.45, 2.75) is 32.2 Å². The van der Waals surface area contributed by atoms with Gasteiger partial charge in [0.1, 0.15) is 5.75 Å². The molecule has 2 aromatic rings. The first-order valence-electron chi connectivity index (χ1n) is 7.14. The Morgan fingerprint density at radius 3 is 2.95 bits per heavy atom. The molecule has 1 aliphatic rings. The first-order valence-corrected chi connectivity index (χ1v) is 7.14. The third kappa shape index (κ3) is 3.17. The molecule has 0 unspecified atom stereocenters. The zero-order chi connectivity index (χ0) is 13.8. The minimum absolute atomic E-state index is 0.524. The molecule has 1 saturated carbocycles. The number of ether oxygens (including phenoxy) is 1. The van der Waals surface area contributed by atoms with Crippen LogP contribution in [0.15, 0.2) is 28.7 Å². The highest BCUT2D eigenvalue weighted by Gasteiger charge is 2.20. The van der Waals surface area contributed by atoms with E-state index >= 15 is 0 Å². The molecule has 0 spiro atoms. The minimum Gasteiger partial charge on any atom is -0.493 e. The summed E-state index contributed by atoms with van der Waals surface area (Å²) in [5, 5.41) is 11.7.